The van der Waals surface area contributed by atoms with Crippen molar-refractivity contribution in [3.05, 3.63) is 48.3 Å². The molecule has 15 heavy (non-hydrogen) atoms. The Labute approximate surface area is 104 Å². The van der Waals surface area contributed by atoms with Crippen molar-refractivity contribution in [2.24, 2.45) is 0 Å². The smallest absolute Gasteiger partial charge is 0.0493 e. The van der Waals surface area contributed by atoms with Crippen molar-refractivity contribution in [1.82, 2.24) is 9.78 Å². The van der Waals surface area contributed by atoms with Crippen molar-refractivity contribution >= 4 is 0 Å². The molecule has 0 saturated carbocycles. The van der Waals surface area contributed by atoms with E-state index in [4.69, 9.17) is 0 Å². The molecule has 2 aromatic rings. The largest absolute Gasteiger partial charge is 0.266 e. The van der Waals surface area contributed by atoms with Crippen LogP contribution in [0.5, 0.6) is 0 Å². The summed E-state index contributed by atoms with van der Waals surface area (Å²) < 4.78 is 1.81. The van der Waals surface area contributed by atoms with Gasteiger partial charge in [0.2, 0.25) is 0 Å². The molecule has 0 amide bonds. The molecule has 3 heteroatoms. The summed E-state index contributed by atoms with van der Waals surface area (Å²) in [5.74, 6) is 0.554. The number of nitrogens with zero attached hydrogens (tertiary/aromatic N) is 2. The SMILES string of the molecule is CC(C)c1c[c-]c(-n2cccn2)cc1.[Ir]. The van der Waals surface area contributed by atoms with E-state index in [9.17, 15) is 0 Å². The predicted octanol–water partition coefficient (Wildman–Crippen LogP) is 2.79. The van der Waals surface area contributed by atoms with E-state index >= 15 is 0 Å². The molecule has 0 spiro atoms. The number of aromatic nitrogens is 2. The maximum absolute atomic E-state index is 4.15. The van der Waals surface area contributed by atoms with E-state index in [1.807, 2.05) is 29.1 Å². The Hall–Kier alpha value is -0.921. The summed E-state index contributed by atoms with van der Waals surface area (Å²) in [7, 11) is 0. The first-order valence-corrected chi connectivity index (χ1v) is 4.79. The Balaban J connectivity index is 0.00000112. The van der Waals surface area contributed by atoms with Gasteiger partial charge in [0, 0.05) is 32.5 Å². The summed E-state index contributed by atoms with van der Waals surface area (Å²) in [4.78, 5) is 0. The maximum atomic E-state index is 4.15. The third kappa shape index (κ3) is 2.77. The van der Waals surface area contributed by atoms with Gasteiger partial charge in [-0.05, 0) is 11.8 Å². The molecule has 0 aliphatic heterocycles. The van der Waals surface area contributed by atoms with Gasteiger partial charge in [-0.15, -0.1) is 6.07 Å². The van der Waals surface area contributed by atoms with E-state index in [-0.39, 0.29) is 20.1 Å². The van der Waals surface area contributed by atoms with Crippen molar-refractivity contribution in [3.8, 4) is 5.69 Å². The van der Waals surface area contributed by atoms with E-state index in [0.29, 0.717) is 5.92 Å². The van der Waals surface area contributed by atoms with E-state index < -0.39 is 0 Å². The quantitative estimate of drug-likeness (QED) is 0.736. The van der Waals surface area contributed by atoms with Crippen LogP contribution < -0.4 is 0 Å². The molecule has 2 rings (SSSR count). The van der Waals surface area contributed by atoms with Crippen LogP contribution in [0.1, 0.15) is 25.3 Å². The van der Waals surface area contributed by atoms with Gasteiger partial charge >= 0.3 is 0 Å². The van der Waals surface area contributed by atoms with E-state index in [1.165, 1.54) is 5.56 Å². The molecule has 81 valence electrons. The van der Waals surface area contributed by atoms with Crippen molar-refractivity contribution in [1.29, 1.82) is 0 Å². The minimum Gasteiger partial charge on any atom is -0.266 e. The van der Waals surface area contributed by atoms with E-state index in [2.05, 4.69) is 31.1 Å². The van der Waals surface area contributed by atoms with Gasteiger partial charge in [0.15, 0.2) is 0 Å². The monoisotopic (exact) mass is 378 g/mol. The molecular weight excluding hydrogens is 364 g/mol. The van der Waals surface area contributed by atoms with Crippen LogP contribution in [0.4, 0.5) is 0 Å². The molecule has 2 nitrogen and oxygen atoms in total. The molecule has 0 unspecified atom stereocenters. The maximum Gasteiger partial charge on any atom is 0.0493 e. The second-order valence-corrected chi connectivity index (χ2v) is 3.61. The van der Waals surface area contributed by atoms with Gasteiger partial charge in [0.1, 0.15) is 0 Å². The van der Waals surface area contributed by atoms with Crippen LogP contribution in [0.2, 0.25) is 0 Å². The first kappa shape index (κ1) is 12.2. The molecule has 1 radical (unpaired) electrons. The number of hydrogen-bond donors (Lipinski definition) is 0. The minimum atomic E-state index is 0. The summed E-state index contributed by atoms with van der Waals surface area (Å²) >= 11 is 0. The Morgan fingerprint density at radius 2 is 2.13 bits per heavy atom. The summed E-state index contributed by atoms with van der Waals surface area (Å²) in [6.07, 6.45) is 3.69. The zero-order valence-corrected chi connectivity index (χ0v) is 11.2. The van der Waals surface area contributed by atoms with Crippen molar-refractivity contribution < 1.29 is 20.1 Å². The average Bonchev–Trinajstić information content (AvgIpc) is 2.71. The van der Waals surface area contributed by atoms with Gasteiger partial charge in [0.05, 0.1) is 0 Å². The van der Waals surface area contributed by atoms with Gasteiger partial charge in [-0.25, -0.2) is 0 Å². The molecule has 0 N–H and O–H groups in total. The molecule has 0 fully saturated rings. The van der Waals surface area contributed by atoms with Crippen LogP contribution in [-0.4, -0.2) is 9.78 Å². The summed E-state index contributed by atoms with van der Waals surface area (Å²) in [5, 5.41) is 4.15. The van der Waals surface area contributed by atoms with E-state index in [1.54, 1.807) is 6.20 Å². The first-order valence-electron chi connectivity index (χ1n) is 4.79. The molecule has 0 saturated heterocycles. The normalized spacial score (nSPS) is 10.1. The fourth-order valence-electron chi connectivity index (χ4n) is 1.34. The second kappa shape index (κ2) is 5.24. The van der Waals surface area contributed by atoms with Crippen LogP contribution in [-0.2, 0) is 20.1 Å². The standard InChI is InChI=1S/C12H13N2.Ir/c1-10(2)11-4-6-12(7-5-11)14-9-3-8-13-14;/h3-6,8-10H,1-2H3;/q-1;. The van der Waals surface area contributed by atoms with Crippen LogP contribution in [0, 0.1) is 6.07 Å². The Morgan fingerprint density at radius 1 is 1.33 bits per heavy atom. The Bertz CT molecular complexity index is 390. The zero-order valence-electron chi connectivity index (χ0n) is 8.77. The van der Waals surface area contributed by atoms with E-state index in [0.717, 1.165) is 5.69 Å². The molecular formula is C12H13IrN2-. The Morgan fingerprint density at radius 3 is 2.60 bits per heavy atom. The van der Waals surface area contributed by atoms with Crippen molar-refractivity contribution in [3.63, 3.8) is 0 Å². The second-order valence-electron chi connectivity index (χ2n) is 3.61. The van der Waals surface area contributed by atoms with Gasteiger partial charge in [-0.1, -0.05) is 19.8 Å². The first-order chi connectivity index (χ1) is 6.77. The molecule has 0 bridgehead atoms. The predicted molar refractivity (Wildman–Crippen MR) is 56.5 cm³/mol. The Kier molecular flexibility index (Phi) is 4.25. The van der Waals surface area contributed by atoms with Crippen molar-refractivity contribution in [2.45, 2.75) is 19.8 Å². The molecule has 0 aliphatic rings. The summed E-state index contributed by atoms with van der Waals surface area (Å²) in [6.45, 7) is 4.35. The van der Waals surface area contributed by atoms with Gasteiger partial charge in [-0.2, -0.15) is 28.9 Å². The van der Waals surface area contributed by atoms with Gasteiger partial charge in [0.25, 0.3) is 0 Å². The summed E-state index contributed by atoms with van der Waals surface area (Å²) in [6, 6.07) is 11.3. The van der Waals surface area contributed by atoms with Gasteiger partial charge < -0.3 is 0 Å². The topological polar surface area (TPSA) is 17.8 Å². The fourth-order valence-corrected chi connectivity index (χ4v) is 1.34. The zero-order chi connectivity index (χ0) is 9.97. The molecule has 1 heterocycles. The van der Waals surface area contributed by atoms with Crippen LogP contribution in [0.3, 0.4) is 0 Å². The average molecular weight is 377 g/mol. The number of hydrogen-bond acceptors (Lipinski definition) is 1. The fraction of sp³-hybridized carbons (Fsp3) is 0.250. The molecule has 1 aromatic carbocycles. The van der Waals surface area contributed by atoms with Crippen LogP contribution >= 0.6 is 0 Å². The number of benzene rings is 1. The molecule has 0 aliphatic carbocycles. The van der Waals surface area contributed by atoms with Crippen LogP contribution in [0.15, 0.2) is 36.7 Å². The van der Waals surface area contributed by atoms with Crippen LogP contribution in [0.25, 0.3) is 5.69 Å². The molecule has 1 aromatic heterocycles. The molecule has 0 atom stereocenters. The minimum absolute atomic E-state index is 0. The number of rotatable bonds is 2. The third-order valence-corrected chi connectivity index (χ3v) is 2.24. The third-order valence-electron chi connectivity index (χ3n) is 2.24. The summed E-state index contributed by atoms with van der Waals surface area (Å²) in [5.41, 5.74) is 2.29. The van der Waals surface area contributed by atoms with Crippen molar-refractivity contribution in [2.75, 3.05) is 0 Å². The van der Waals surface area contributed by atoms with Gasteiger partial charge in [-0.3, -0.25) is 4.68 Å².